The van der Waals surface area contributed by atoms with Crippen molar-refractivity contribution in [1.29, 1.82) is 0 Å². The molecule has 4 atom stereocenters. The molecule has 1 aliphatic heterocycles. The Bertz CT molecular complexity index is 237. The first-order chi connectivity index (χ1) is 5.95. The van der Waals surface area contributed by atoms with Crippen LogP contribution in [0.4, 0.5) is 0 Å². The highest BCUT2D eigenvalue weighted by Crippen LogP contribution is 2.18. The molecule has 0 bridgehead atoms. The molecule has 0 aromatic carbocycles. The summed E-state index contributed by atoms with van der Waals surface area (Å²) in [7, 11) is 0. The van der Waals surface area contributed by atoms with Crippen molar-refractivity contribution in [3.8, 4) is 0 Å². The summed E-state index contributed by atoms with van der Waals surface area (Å²) in [6.07, 6.45) is -7.14. The van der Waals surface area contributed by atoms with Crippen molar-refractivity contribution in [3.05, 3.63) is 0 Å². The number of carboxylic acid groups (broad SMARTS) is 1. The van der Waals surface area contributed by atoms with E-state index in [4.69, 9.17) is 20.4 Å². The summed E-state index contributed by atoms with van der Waals surface area (Å²) >= 11 is 0. The third kappa shape index (κ3) is 1.62. The summed E-state index contributed by atoms with van der Waals surface area (Å²) in [6.45, 7) is 0. The molecule has 1 heterocycles. The Hall–Kier alpha value is -1.18. The smallest absolute Gasteiger partial charge is 0.338 e. The molecule has 4 N–H and O–H groups in total. The predicted molar refractivity (Wildman–Crippen MR) is 35.5 cm³/mol. The van der Waals surface area contributed by atoms with Gasteiger partial charge >= 0.3 is 11.9 Å². The highest BCUT2D eigenvalue weighted by atomic mass is 16.6. The predicted octanol–water partition coefficient (Wildman–Crippen LogP) is -2.92. The minimum atomic E-state index is -2.03. The Morgan fingerprint density at radius 2 is 2.00 bits per heavy atom. The average Bonchev–Trinajstić information content (AvgIpc) is 2.31. The number of carbonyl (C=O) groups excluding carboxylic acids is 1. The Balaban J connectivity index is 2.73. The van der Waals surface area contributed by atoms with E-state index in [1.54, 1.807) is 0 Å². The molecule has 7 nitrogen and oxygen atoms in total. The van der Waals surface area contributed by atoms with Crippen molar-refractivity contribution in [2.45, 2.75) is 24.4 Å². The molecule has 0 aliphatic carbocycles. The first-order valence-electron chi connectivity index (χ1n) is 3.42. The monoisotopic (exact) mass is 192 g/mol. The molecule has 0 radical (unpaired) electrons. The fourth-order valence-corrected chi connectivity index (χ4v) is 0.984. The van der Waals surface area contributed by atoms with Gasteiger partial charge in [-0.15, -0.1) is 0 Å². The number of carboxylic acids is 1. The molecule has 0 spiro atoms. The summed E-state index contributed by atoms with van der Waals surface area (Å²) in [5.41, 5.74) is 0. The third-order valence-corrected chi connectivity index (χ3v) is 1.72. The zero-order valence-corrected chi connectivity index (χ0v) is 6.32. The Labute approximate surface area is 72.2 Å². The Morgan fingerprint density at radius 1 is 1.46 bits per heavy atom. The van der Waals surface area contributed by atoms with Crippen LogP contribution in [-0.4, -0.2) is 56.8 Å². The molecule has 1 aliphatic rings. The van der Waals surface area contributed by atoms with E-state index < -0.39 is 36.4 Å². The minimum absolute atomic E-state index is 1.14. The SMILES string of the molecule is O=C1O[C@@H]([C@@H](O)C(=O)O)[C@H](O)[C@@H]1O. The lowest BCUT2D eigenvalue weighted by Gasteiger charge is -2.15. The number of carbonyl (C=O) groups is 2. The van der Waals surface area contributed by atoms with Crippen molar-refractivity contribution in [2.24, 2.45) is 0 Å². The van der Waals surface area contributed by atoms with Gasteiger partial charge in [0.2, 0.25) is 0 Å². The number of aliphatic hydroxyl groups excluding tert-OH is 3. The number of ether oxygens (including phenoxy) is 1. The van der Waals surface area contributed by atoms with Gasteiger partial charge < -0.3 is 25.2 Å². The molecule has 0 saturated carbocycles. The summed E-state index contributed by atoms with van der Waals surface area (Å²) in [6, 6.07) is 0. The van der Waals surface area contributed by atoms with E-state index in [0.717, 1.165) is 0 Å². The maximum Gasteiger partial charge on any atom is 0.338 e. The number of esters is 1. The van der Waals surface area contributed by atoms with Gasteiger partial charge in [0.25, 0.3) is 0 Å². The van der Waals surface area contributed by atoms with Crippen LogP contribution in [0.25, 0.3) is 0 Å². The van der Waals surface area contributed by atoms with E-state index in [1.165, 1.54) is 0 Å². The summed E-state index contributed by atoms with van der Waals surface area (Å²) in [5.74, 6) is -2.77. The molecular formula is C6H8O7. The lowest BCUT2D eigenvalue weighted by molar-refractivity contribution is -0.161. The highest BCUT2D eigenvalue weighted by molar-refractivity contribution is 5.80. The molecule has 7 heteroatoms. The van der Waals surface area contributed by atoms with Gasteiger partial charge in [-0.05, 0) is 0 Å². The van der Waals surface area contributed by atoms with Crippen LogP contribution in [0.15, 0.2) is 0 Å². The quantitative estimate of drug-likeness (QED) is 0.345. The largest absolute Gasteiger partial charge is 0.479 e. The number of aliphatic hydroxyl groups is 3. The topological polar surface area (TPSA) is 124 Å². The van der Waals surface area contributed by atoms with Crippen molar-refractivity contribution in [2.75, 3.05) is 0 Å². The van der Waals surface area contributed by atoms with Gasteiger partial charge in [-0.25, -0.2) is 9.59 Å². The number of hydrogen-bond acceptors (Lipinski definition) is 6. The maximum atomic E-state index is 10.6. The van der Waals surface area contributed by atoms with E-state index in [9.17, 15) is 9.59 Å². The van der Waals surface area contributed by atoms with Crippen LogP contribution < -0.4 is 0 Å². The molecule has 1 rings (SSSR count). The van der Waals surface area contributed by atoms with Crippen molar-refractivity contribution in [1.82, 2.24) is 0 Å². The second-order valence-corrected chi connectivity index (χ2v) is 2.62. The van der Waals surface area contributed by atoms with Crippen molar-refractivity contribution in [3.63, 3.8) is 0 Å². The van der Waals surface area contributed by atoms with Crippen LogP contribution in [0.1, 0.15) is 0 Å². The van der Waals surface area contributed by atoms with Gasteiger partial charge in [0.15, 0.2) is 18.3 Å². The van der Waals surface area contributed by atoms with Crippen molar-refractivity contribution < 1.29 is 34.8 Å². The van der Waals surface area contributed by atoms with Crippen molar-refractivity contribution >= 4 is 11.9 Å². The fraction of sp³-hybridized carbons (Fsp3) is 0.667. The van der Waals surface area contributed by atoms with Gasteiger partial charge in [-0.2, -0.15) is 0 Å². The van der Waals surface area contributed by atoms with E-state index in [2.05, 4.69) is 4.74 Å². The lowest BCUT2D eigenvalue weighted by Crippen LogP contribution is -2.42. The third-order valence-electron chi connectivity index (χ3n) is 1.72. The summed E-state index contributed by atoms with van der Waals surface area (Å²) < 4.78 is 4.24. The molecule has 0 aromatic rings. The molecule has 0 aromatic heterocycles. The molecule has 13 heavy (non-hydrogen) atoms. The summed E-state index contributed by atoms with van der Waals surface area (Å²) in [5, 5.41) is 35.0. The first-order valence-corrected chi connectivity index (χ1v) is 3.42. The zero-order valence-electron chi connectivity index (χ0n) is 6.32. The number of aliphatic carboxylic acids is 1. The number of hydrogen-bond donors (Lipinski definition) is 4. The van der Waals surface area contributed by atoms with Gasteiger partial charge in [0, 0.05) is 0 Å². The molecule has 1 fully saturated rings. The minimum Gasteiger partial charge on any atom is -0.479 e. The lowest BCUT2D eigenvalue weighted by atomic mass is 10.1. The van der Waals surface area contributed by atoms with Gasteiger partial charge in [0.1, 0.15) is 6.10 Å². The van der Waals surface area contributed by atoms with Crippen LogP contribution in [0.2, 0.25) is 0 Å². The highest BCUT2D eigenvalue weighted by Gasteiger charge is 2.48. The van der Waals surface area contributed by atoms with Crippen LogP contribution in [-0.2, 0) is 14.3 Å². The van der Waals surface area contributed by atoms with E-state index in [0.29, 0.717) is 0 Å². The average molecular weight is 192 g/mol. The number of rotatable bonds is 2. The molecule has 74 valence electrons. The maximum absolute atomic E-state index is 10.6. The van der Waals surface area contributed by atoms with E-state index in [-0.39, 0.29) is 0 Å². The standard InChI is InChI=1S/C6H8O7/c7-1-2(8)6(12)13-4(1)3(9)5(10)11/h1-4,7-9H,(H,10,11)/t1-,2+,3-,4-/m1/s1. The molecule has 0 amide bonds. The van der Waals surface area contributed by atoms with Crippen LogP contribution in [0.5, 0.6) is 0 Å². The fourth-order valence-electron chi connectivity index (χ4n) is 0.984. The van der Waals surface area contributed by atoms with Crippen LogP contribution in [0.3, 0.4) is 0 Å². The normalized spacial score (nSPS) is 35.6. The molecule has 0 unspecified atom stereocenters. The van der Waals surface area contributed by atoms with Crippen LogP contribution in [0, 0.1) is 0 Å². The van der Waals surface area contributed by atoms with Gasteiger partial charge in [-0.3, -0.25) is 0 Å². The Morgan fingerprint density at radius 3 is 2.31 bits per heavy atom. The van der Waals surface area contributed by atoms with E-state index in [1.807, 2.05) is 0 Å². The first kappa shape index (κ1) is 9.90. The van der Waals surface area contributed by atoms with E-state index >= 15 is 0 Å². The van der Waals surface area contributed by atoms with Gasteiger partial charge in [0.05, 0.1) is 0 Å². The van der Waals surface area contributed by atoms with Crippen LogP contribution >= 0.6 is 0 Å². The van der Waals surface area contributed by atoms with Gasteiger partial charge in [-0.1, -0.05) is 0 Å². The second kappa shape index (κ2) is 3.29. The number of cyclic esters (lactones) is 1. The second-order valence-electron chi connectivity index (χ2n) is 2.62. The summed E-state index contributed by atoms with van der Waals surface area (Å²) in [4.78, 5) is 20.8. The Kier molecular flexibility index (Phi) is 2.50. The molecule has 1 saturated heterocycles. The zero-order chi connectivity index (χ0) is 10.2. The molecular weight excluding hydrogens is 184 g/mol.